The topological polar surface area (TPSA) is 21.6 Å². The molecule has 2 nitrogen and oxygen atoms in total. The van der Waals surface area contributed by atoms with Crippen LogP contribution in [0.15, 0.2) is 47.5 Å². The normalized spacial score (nSPS) is 13.9. The third kappa shape index (κ3) is 4.65. The molecule has 0 radical (unpaired) electrons. The van der Waals surface area contributed by atoms with Crippen molar-refractivity contribution < 1.29 is 4.74 Å². The average molecular weight is 374 g/mol. The van der Waals surface area contributed by atoms with Crippen LogP contribution < -0.4 is 4.74 Å². The highest BCUT2D eigenvalue weighted by atomic mass is 35.5. The summed E-state index contributed by atoms with van der Waals surface area (Å²) in [4.78, 5) is 4.66. The second-order valence-electron chi connectivity index (χ2n) is 6.54. The summed E-state index contributed by atoms with van der Waals surface area (Å²) in [6.45, 7) is 5.81. The number of halogens is 2. The van der Waals surface area contributed by atoms with E-state index in [1.807, 2.05) is 30.4 Å². The molecule has 2 aromatic rings. The standard InChI is InChI=1S/C21H21Cl2NO/c1-14(2)13-25-18-6-7-19-16(11-18)9-10-24-21(19)8-4-15-3-5-17(22)12-20(15)23/h3-8,11-12,14H,9-10,13H2,1-2H3. The van der Waals surface area contributed by atoms with Crippen LogP contribution in [0.2, 0.25) is 10.0 Å². The molecular formula is C21H21Cl2NO. The number of allylic oxidation sites excluding steroid dienone is 1. The highest BCUT2D eigenvalue weighted by Gasteiger charge is 2.13. The Morgan fingerprint density at radius 1 is 1.12 bits per heavy atom. The molecular weight excluding hydrogens is 353 g/mol. The molecule has 0 spiro atoms. The molecule has 2 aromatic carbocycles. The molecule has 0 amide bonds. The van der Waals surface area contributed by atoms with E-state index in [4.69, 9.17) is 27.9 Å². The van der Waals surface area contributed by atoms with Gasteiger partial charge in [0, 0.05) is 22.2 Å². The molecule has 4 heteroatoms. The van der Waals surface area contributed by atoms with Crippen molar-refractivity contribution in [3.05, 3.63) is 69.2 Å². The van der Waals surface area contributed by atoms with Crippen LogP contribution in [0.1, 0.15) is 30.5 Å². The summed E-state index contributed by atoms with van der Waals surface area (Å²) in [5, 5.41) is 1.27. The molecule has 1 heterocycles. The van der Waals surface area contributed by atoms with E-state index in [0.29, 0.717) is 16.0 Å². The third-order valence-corrected chi connectivity index (χ3v) is 4.54. The third-order valence-electron chi connectivity index (χ3n) is 3.98. The van der Waals surface area contributed by atoms with E-state index in [-0.39, 0.29) is 0 Å². The minimum absolute atomic E-state index is 0.514. The number of hydrogen-bond acceptors (Lipinski definition) is 2. The van der Waals surface area contributed by atoms with Gasteiger partial charge in [-0.3, -0.25) is 4.99 Å². The zero-order valence-corrected chi connectivity index (χ0v) is 15.9. The summed E-state index contributed by atoms with van der Waals surface area (Å²) >= 11 is 12.2. The molecule has 0 atom stereocenters. The first-order valence-electron chi connectivity index (χ1n) is 8.46. The smallest absolute Gasteiger partial charge is 0.119 e. The monoisotopic (exact) mass is 373 g/mol. The van der Waals surface area contributed by atoms with Gasteiger partial charge in [-0.15, -0.1) is 0 Å². The van der Waals surface area contributed by atoms with Crippen LogP contribution in [0, 0.1) is 5.92 Å². The molecule has 0 saturated heterocycles. The largest absolute Gasteiger partial charge is 0.493 e. The van der Waals surface area contributed by atoms with Crippen LogP contribution >= 0.6 is 23.2 Å². The van der Waals surface area contributed by atoms with E-state index >= 15 is 0 Å². The van der Waals surface area contributed by atoms with Gasteiger partial charge in [0.05, 0.1) is 12.3 Å². The Morgan fingerprint density at radius 3 is 2.72 bits per heavy atom. The minimum atomic E-state index is 0.514. The summed E-state index contributed by atoms with van der Waals surface area (Å²) in [6.07, 6.45) is 4.94. The molecule has 1 aliphatic rings. The van der Waals surface area contributed by atoms with E-state index in [9.17, 15) is 0 Å². The fraction of sp³-hybridized carbons (Fsp3) is 0.286. The Morgan fingerprint density at radius 2 is 1.96 bits per heavy atom. The highest BCUT2D eigenvalue weighted by molar-refractivity contribution is 6.35. The average Bonchev–Trinajstić information content (AvgIpc) is 2.59. The molecule has 130 valence electrons. The minimum Gasteiger partial charge on any atom is -0.493 e. The van der Waals surface area contributed by atoms with Gasteiger partial charge < -0.3 is 4.74 Å². The molecule has 0 aromatic heterocycles. The number of ether oxygens (including phenoxy) is 1. The predicted octanol–water partition coefficient (Wildman–Crippen LogP) is 6.09. The molecule has 0 bridgehead atoms. The van der Waals surface area contributed by atoms with Gasteiger partial charge in [-0.1, -0.05) is 49.2 Å². The van der Waals surface area contributed by atoms with Crippen molar-refractivity contribution in [2.45, 2.75) is 20.3 Å². The first kappa shape index (κ1) is 18.0. The molecule has 0 N–H and O–H groups in total. The lowest BCUT2D eigenvalue weighted by Gasteiger charge is -2.17. The van der Waals surface area contributed by atoms with Gasteiger partial charge in [0.15, 0.2) is 0 Å². The number of nitrogens with zero attached hydrogens (tertiary/aromatic N) is 1. The maximum absolute atomic E-state index is 6.24. The van der Waals surface area contributed by atoms with Crippen LogP contribution in [0.5, 0.6) is 5.75 Å². The van der Waals surface area contributed by atoms with Crippen molar-refractivity contribution in [2.24, 2.45) is 10.9 Å². The Labute approximate surface area is 159 Å². The van der Waals surface area contributed by atoms with Crippen LogP contribution in [-0.2, 0) is 6.42 Å². The van der Waals surface area contributed by atoms with Gasteiger partial charge >= 0.3 is 0 Å². The Hall–Kier alpha value is -1.77. The van der Waals surface area contributed by atoms with Crippen LogP contribution in [0.25, 0.3) is 6.08 Å². The number of benzene rings is 2. The number of rotatable bonds is 5. The summed E-state index contributed by atoms with van der Waals surface area (Å²) < 4.78 is 5.84. The second-order valence-corrected chi connectivity index (χ2v) is 7.38. The second kappa shape index (κ2) is 8.07. The molecule has 0 aliphatic carbocycles. The van der Waals surface area contributed by atoms with Crippen LogP contribution in [-0.4, -0.2) is 18.9 Å². The van der Waals surface area contributed by atoms with Gasteiger partial charge in [0.25, 0.3) is 0 Å². The van der Waals surface area contributed by atoms with E-state index < -0.39 is 0 Å². The first-order chi connectivity index (χ1) is 12.0. The van der Waals surface area contributed by atoms with Gasteiger partial charge in [-0.2, -0.15) is 0 Å². The van der Waals surface area contributed by atoms with Crippen molar-refractivity contribution in [1.82, 2.24) is 0 Å². The van der Waals surface area contributed by atoms with Crippen LogP contribution in [0.4, 0.5) is 0 Å². The Bertz CT molecular complexity index is 825. The van der Waals surface area contributed by atoms with Crippen molar-refractivity contribution in [1.29, 1.82) is 0 Å². The van der Waals surface area contributed by atoms with E-state index in [0.717, 1.165) is 42.2 Å². The SMILES string of the molecule is CC(C)COc1ccc2c(c1)CCN=C2C=Cc1ccc(Cl)cc1Cl. The van der Waals surface area contributed by atoms with Crippen molar-refractivity contribution >= 4 is 35.0 Å². The fourth-order valence-corrected chi connectivity index (χ4v) is 3.18. The Balaban J connectivity index is 1.81. The lowest BCUT2D eigenvalue weighted by molar-refractivity contribution is 0.271. The summed E-state index contributed by atoms with van der Waals surface area (Å²) in [6, 6.07) is 11.7. The van der Waals surface area contributed by atoms with E-state index in [1.54, 1.807) is 6.07 Å². The first-order valence-corrected chi connectivity index (χ1v) is 9.22. The molecule has 1 aliphatic heterocycles. The maximum Gasteiger partial charge on any atom is 0.119 e. The maximum atomic E-state index is 6.24. The number of fused-ring (bicyclic) bond motifs is 1. The van der Waals surface area contributed by atoms with E-state index in [1.165, 1.54) is 5.56 Å². The lowest BCUT2D eigenvalue weighted by atomic mass is 9.96. The van der Waals surface area contributed by atoms with Crippen molar-refractivity contribution in [3.8, 4) is 5.75 Å². The van der Waals surface area contributed by atoms with Crippen molar-refractivity contribution in [3.63, 3.8) is 0 Å². The van der Waals surface area contributed by atoms with Gasteiger partial charge in [-0.05, 0) is 59.9 Å². The molecule has 0 unspecified atom stereocenters. The van der Waals surface area contributed by atoms with Crippen molar-refractivity contribution in [2.75, 3.05) is 13.2 Å². The zero-order valence-electron chi connectivity index (χ0n) is 14.4. The molecule has 3 rings (SSSR count). The molecule has 0 fully saturated rings. The number of aliphatic imine (C=N–C) groups is 1. The lowest BCUT2D eigenvalue weighted by Crippen LogP contribution is -2.12. The summed E-state index contributed by atoms with van der Waals surface area (Å²) in [5.41, 5.74) is 4.34. The Kier molecular flexibility index (Phi) is 5.82. The molecule has 25 heavy (non-hydrogen) atoms. The van der Waals surface area contributed by atoms with E-state index in [2.05, 4.69) is 31.0 Å². The summed E-state index contributed by atoms with van der Waals surface area (Å²) in [7, 11) is 0. The van der Waals surface area contributed by atoms with Gasteiger partial charge in [-0.25, -0.2) is 0 Å². The predicted molar refractivity (Wildman–Crippen MR) is 107 cm³/mol. The summed E-state index contributed by atoms with van der Waals surface area (Å²) in [5.74, 6) is 1.44. The fourth-order valence-electron chi connectivity index (χ4n) is 2.71. The molecule has 0 saturated carbocycles. The number of hydrogen-bond donors (Lipinski definition) is 0. The van der Waals surface area contributed by atoms with Gasteiger partial charge in [0.2, 0.25) is 0 Å². The quantitative estimate of drug-likeness (QED) is 0.621. The zero-order chi connectivity index (χ0) is 17.8. The highest BCUT2D eigenvalue weighted by Crippen LogP contribution is 2.25. The van der Waals surface area contributed by atoms with Crippen LogP contribution in [0.3, 0.4) is 0 Å². The van der Waals surface area contributed by atoms with Gasteiger partial charge in [0.1, 0.15) is 5.75 Å².